The number of aryl methyl sites for hydroxylation is 2. The molecular formula is C28H34N2O4S. The van der Waals surface area contributed by atoms with Crippen LogP contribution in [0.4, 0.5) is 5.69 Å². The second kappa shape index (κ2) is 11.0. The summed E-state index contributed by atoms with van der Waals surface area (Å²) >= 11 is 0. The van der Waals surface area contributed by atoms with Crippen molar-refractivity contribution in [1.82, 2.24) is 5.32 Å². The van der Waals surface area contributed by atoms with E-state index >= 15 is 0 Å². The number of sulfonamides is 1. The van der Waals surface area contributed by atoms with Gasteiger partial charge in [-0.15, -0.1) is 0 Å². The quantitative estimate of drug-likeness (QED) is 0.425. The van der Waals surface area contributed by atoms with Gasteiger partial charge in [0.2, 0.25) is 5.91 Å². The van der Waals surface area contributed by atoms with Gasteiger partial charge in [0, 0.05) is 0 Å². The number of carbonyl (C=O) groups excluding carboxylic acids is 1. The summed E-state index contributed by atoms with van der Waals surface area (Å²) in [6, 6.07) is 21.5. The zero-order valence-corrected chi connectivity index (χ0v) is 21.9. The van der Waals surface area contributed by atoms with Crippen LogP contribution in [0, 0.1) is 13.8 Å². The summed E-state index contributed by atoms with van der Waals surface area (Å²) in [6.45, 7) is 10.5. The Morgan fingerprint density at radius 1 is 0.857 bits per heavy atom. The van der Waals surface area contributed by atoms with Crippen LogP contribution in [0.3, 0.4) is 0 Å². The molecule has 0 atom stereocenters. The van der Waals surface area contributed by atoms with Gasteiger partial charge in [-0.25, -0.2) is 8.42 Å². The molecule has 0 aliphatic carbocycles. The fourth-order valence-corrected chi connectivity index (χ4v) is 4.88. The third-order valence-electron chi connectivity index (χ3n) is 5.63. The molecule has 0 bridgehead atoms. The standard InChI is InChI=1S/C28H34N2O4S/c1-21-6-12-24(13-7-21)30(35(32,33)26-16-8-22(2)9-17-26)20-27(31)29-18-19-34-25-14-10-23(11-15-25)28(3,4)5/h6-17H,18-20H2,1-5H3,(H,29,31). The molecule has 6 nitrogen and oxygen atoms in total. The molecule has 186 valence electrons. The molecule has 1 N–H and O–H groups in total. The van der Waals surface area contributed by atoms with Crippen molar-refractivity contribution < 1.29 is 17.9 Å². The van der Waals surface area contributed by atoms with Crippen LogP contribution in [-0.4, -0.2) is 34.0 Å². The molecule has 0 saturated heterocycles. The molecule has 0 radical (unpaired) electrons. The number of ether oxygens (including phenoxy) is 1. The molecule has 0 unspecified atom stereocenters. The highest BCUT2D eigenvalue weighted by Crippen LogP contribution is 2.25. The Bertz CT molecular complexity index is 1230. The lowest BCUT2D eigenvalue weighted by molar-refractivity contribution is -0.119. The van der Waals surface area contributed by atoms with Gasteiger partial charge in [0.25, 0.3) is 10.0 Å². The number of benzene rings is 3. The van der Waals surface area contributed by atoms with Crippen LogP contribution in [0.25, 0.3) is 0 Å². The molecule has 0 aromatic heterocycles. The highest BCUT2D eigenvalue weighted by molar-refractivity contribution is 7.92. The first-order chi connectivity index (χ1) is 16.5. The third kappa shape index (κ3) is 7.09. The van der Waals surface area contributed by atoms with E-state index < -0.39 is 15.9 Å². The van der Waals surface area contributed by atoms with Gasteiger partial charge in [0.05, 0.1) is 17.1 Å². The van der Waals surface area contributed by atoms with Gasteiger partial charge in [-0.05, 0) is 61.2 Å². The number of rotatable bonds is 9. The molecule has 0 heterocycles. The van der Waals surface area contributed by atoms with Crippen molar-refractivity contribution in [2.75, 3.05) is 24.0 Å². The fraction of sp³-hybridized carbons (Fsp3) is 0.321. The number of carbonyl (C=O) groups is 1. The first kappa shape index (κ1) is 26.3. The smallest absolute Gasteiger partial charge is 0.264 e. The van der Waals surface area contributed by atoms with E-state index in [1.807, 2.05) is 50.2 Å². The summed E-state index contributed by atoms with van der Waals surface area (Å²) in [4.78, 5) is 12.9. The lowest BCUT2D eigenvalue weighted by Crippen LogP contribution is -2.41. The summed E-state index contributed by atoms with van der Waals surface area (Å²) in [5.41, 5.74) is 3.66. The molecule has 0 aliphatic rings. The monoisotopic (exact) mass is 494 g/mol. The van der Waals surface area contributed by atoms with Crippen LogP contribution < -0.4 is 14.4 Å². The van der Waals surface area contributed by atoms with E-state index in [1.165, 1.54) is 5.56 Å². The van der Waals surface area contributed by atoms with Gasteiger partial charge in [0.1, 0.15) is 18.9 Å². The van der Waals surface area contributed by atoms with Crippen molar-refractivity contribution in [3.8, 4) is 5.75 Å². The molecule has 35 heavy (non-hydrogen) atoms. The molecule has 3 aromatic carbocycles. The van der Waals surface area contributed by atoms with E-state index in [0.717, 1.165) is 21.2 Å². The normalized spacial score (nSPS) is 11.7. The fourth-order valence-electron chi connectivity index (χ4n) is 3.46. The molecule has 0 aliphatic heterocycles. The van der Waals surface area contributed by atoms with E-state index in [4.69, 9.17) is 4.74 Å². The molecule has 3 aromatic rings. The van der Waals surface area contributed by atoms with Gasteiger partial charge in [-0.1, -0.05) is 68.3 Å². The maximum atomic E-state index is 13.4. The van der Waals surface area contributed by atoms with Gasteiger partial charge in [-0.3, -0.25) is 9.10 Å². The lowest BCUT2D eigenvalue weighted by Gasteiger charge is -2.24. The zero-order valence-electron chi connectivity index (χ0n) is 21.0. The Labute approximate surface area is 209 Å². The second-order valence-electron chi connectivity index (χ2n) is 9.63. The molecular weight excluding hydrogens is 460 g/mol. The number of amides is 1. The van der Waals surface area contributed by atoms with E-state index in [2.05, 4.69) is 26.1 Å². The number of nitrogens with zero attached hydrogens (tertiary/aromatic N) is 1. The minimum Gasteiger partial charge on any atom is -0.492 e. The summed E-state index contributed by atoms with van der Waals surface area (Å²) in [5.74, 6) is 0.309. The second-order valence-corrected chi connectivity index (χ2v) is 11.5. The topological polar surface area (TPSA) is 75.7 Å². The van der Waals surface area contributed by atoms with Crippen LogP contribution >= 0.6 is 0 Å². The summed E-state index contributed by atoms with van der Waals surface area (Å²) < 4.78 is 33.7. The summed E-state index contributed by atoms with van der Waals surface area (Å²) in [6.07, 6.45) is 0. The highest BCUT2D eigenvalue weighted by atomic mass is 32.2. The van der Waals surface area contributed by atoms with Crippen LogP contribution in [0.2, 0.25) is 0 Å². The third-order valence-corrected chi connectivity index (χ3v) is 7.42. The van der Waals surface area contributed by atoms with Crippen LogP contribution in [0.15, 0.2) is 77.7 Å². The van der Waals surface area contributed by atoms with Gasteiger partial charge >= 0.3 is 0 Å². The van der Waals surface area contributed by atoms with Crippen molar-refractivity contribution in [3.63, 3.8) is 0 Å². The number of hydrogen-bond donors (Lipinski definition) is 1. The molecule has 0 fully saturated rings. The Hall–Kier alpha value is -3.32. The Kier molecular flexibility index (Phi) is 8.22. The van der Waals surface area contributed by atoms with Crippen LogP contribution in [0.1, 0.15) is 37.5 Å². The van der Waals surface area contributed by atoms with E-state index in [-0.39, 0.29) is 30.0 Å². The van der Waals surface area contributed by atoms with Gasteiger partial charge < -0.3 is 10.1 Å². The highest BCUT2D eigenvalue weighted by Gasteiger charge is 2.27. The van der Waals surface area contributed by atoms with Crippen LogP contribution in [-0.2, 0) is 20.2 Å². The Balaban J connectivity index is 1.64. The van der Waals surface area contributed by atoms with Crippen molar-refractivity contribution in [1.29, 1.82) is 0 Å². The maximum absolute atomic E-state index is 13.4. The Morgan fingerprint density at radius 2 is 1.40 bits per heavy atom. The van der Waals surface area contributed by atoms with Crippen LogP contribution in [0.5, 0.6) is 5.75 Å². The van der Waals surface area contributed by atoms with E-state index in [9.17, 15) is 13.2 Å². The summed E-state index contributed by atoms with van der Waals surface area (Å²) in [7, 11) is -3.93. The summed E-state index contributed by atoms with van der Waals surface area (Å²) in [5, 5.41) is 2.76. The average Bonchev–Trinajstić information content (AvgIpc) is 2.81. The van der Waals surface area contributed by atoms with Crippen molar-refractivity contribution in [3.05, 3.63) is 89.5 Å². The average molecular weight is 495 g/mol. The molecule has 0 spiro atoms. The van der Waals surface area contributed by atoms with E-state index in [1.54, 1.807) is 36.4 Å². The molecule has 7 heteroatoms. The number of nitrogens with one attached hydrogen (secondary N) is 1. The predicted molar refractivity (Wildman–Crippen MR) is 141 cm³/mol. The first-order valence-corrected chi connectivity index (χ1v) is 13.1. The minimum atomic E-state index is -3.93. The van der Waals surface area contributed by atoms with Gasteiger partial charge in [-0.2, -0.15) is 0 Å². The van der Waals surface area contributed by atoms with Crippen molar-refractivity contribution in [2.24, 2.45) is 0 Å². The number of anilines is 1. The SMILES string of the molecule is Cc1ccc(N(CC(=O)NCCOc2ccc(C(C)(C)C)cc2)S(=O)(=O)c2ccc(C)cc2)cc1. The molecule has 3 rings (SSSR count). The Morgan fingerprint density at radius 3 is 1.94 bits per heavy atom. The van der Waals surface area contributed by atoms with Crippen molar-refractivity contribution in [2.45, 2.75) is 44.9 Å². The maximum Gasteiger partial charge on any atom is 0.264 e. The number of hydrogen-bond acceptors (Lipinski definition) is 4. The lowest BCUT2D eigenvalue weighted by atomic mass is 9.87. The minimum absolute atomic E-state index is 0.0642. The van der Waals surface area contributed by atoms with Crippen molar-refractivity contribution >= 4 is 21.6 Å². The molecule has 1 amide bonds. The zero-order chi connectivity index (χ0) is 25.6. The van der Waals surface area contributed by atoms with E-state index in [0.29, 0.717) is 5.69 Å². The largest absolute Gasteiger partial charge is 0.492 e. The molecule has 0 saturated carbocycles. The first-order valence-electron chi connectivity index (χ1n) is 11.6. The van der Waals surface area contributed by atoms with Gasteiger partial charge in [0.15, 0.2) is 0 Å². The predicted octanol–water partition coefficient (Wildman–Crippen LogP) is 4.99.